The van der Waals surface area contributed by atoms with Gasteiger partial charge in [-0.15, -0.1) is 0 Å². The number of carbonyl (C=O) groups excluding carboxylic acids is 1. The molecule has 0 aliphatic carbocycles. The van der Waals surface area contributed by atoms with E-state index < -0.39 is 29.6 Å². The Balaban J connectivity index is 2.41. The Bertz CT molecular complexity index is 684. The predicted molar refractivity (Wildman–Crippen MR) is 102 cm³/mol. The van der Waals surface area contributed by atoms with Gasteiger partial charge in [-0.25, -0.2) is 4.79 Å². The van der Waals surface area contributed by atoms with Gasteiger partial charge in [0.25, 0.3) is 0 Å². The van der Waals surface area contributed by atoms with E-state index in [4.69, 9.17) is 23.7 Å². The van der Waals surface area contributed by atoms with Crippen LogP contribution in [0.15, 0.2) is 18.2 Å². The Kier molecular flexibility index (Phi) is 6.80. The zero-order chi connectivity index (χ0) is 21.1. The Labute approximate surface area is 166 Å². The number of hydrogen-bond donors (Lipinski definition) is 1. The predicted octanol–water partition coefficient (Wildman–Crippen LogP) is 3.08. The number of rotatable bonds is 6. The molecule has 0 aromatic heterocycles. The molecule has 8 nitrogen and oxygen atoms in total. The molecule has 1 amide bonds. The van der Waals surface area contributed by atoms with Crippen molar-refractivity contribution in [3.63, 3.8) is 0 Å². The number of amides is 1. The molecule has 1 heterocycles. The number of hydrogen-bond acceptors (Lipinski definition) is 7. The van der Waals surface area contributed by atoms with Crippen LogP contribution in [0.1, 0.15) is 46.3 Å². The van der Waals surface area contributed by atoms with Crippen LogP contribution in [0.3, 0.4) is 0 Å². The summed E-state index contributed by atoms with van der Waals surface area (Å²) in [5, 5.41) is 11.2. The molecule has 8 heteroatoms. The van der Waals surface area contributed by atoms with Crippen molar-refractivity contribution in [1.82, 2.24) is 4.90 Å². The van der Waals surface area contributed by atoms with E-state index in [1.54, 1.807) is 52.8 Å². The van der Waals surface area contributed by atoms with E-state index in [0.717, 1.165) is 0 Å². The zero-order valence-electron chi connectivity index (χ0n) is 17.6. The number of aliphatic hydroxyl groups is 1. The van der Waals surface area contributed by atoms with Crippen LogP contribution in [0.5, 0.6) is 11.5 Å². The van der Waals surface area contributed by atoms with E-state index in [2.05, 4.69) is 0 Å². The summed E-state index contributed by atoms with van der Waals surface area (Å²) < 4.78 is 27.3. The summed E-state index contributed by atoms with van der Waals surface area (Å²) in [6.45, 7) is 9.03. The maximum absolute atomic E-state index is 12.9. The second kappa shape index (κ2) is 8.55. The summed E-state index contributed by atoms with van der Waals surface area (Å²) in [4.78, 5) is 14.3. The van der Waals surface area contributed by atoms with Crippen molar-refractivity contribution < 1.29 is 33.6 Å². The first-order valence-electron chi connectivity index (χ1n) is 9.15. The molecule has 1 aliphatic rings. The average Bonchev–Trinajstić information content (AvgIpc) is 2.92. The van der Waals surface area contributed by atoms with Crippen LogP contribution in [0.2, 0.25) is 0 Å². The lowest BCUT2D eigenvalue weighted by molar-refractivity contribution is -0.0682. The maximum atomic E-state index is 12.9. The first-order chi connectivity index (χ1) is 13.0. The third-order valence-electron chi connectivity index (χ3n) is 4.35. The zero-order valence-corrected chi connectivity index (χ0v) is 17.6. The Hall–Kier alpha value is -2.03. The first kappa shape index (κ1) is 22.3. The molecule has 1 N–H and O–H groups in total. The van der Waals surface area contributed by atoms with Crippen LogP contribution in [-0.4, -0.2) is 61.1 Å². The molecule has 158 valence electrons. The van der Waals surface area contributed by atoms with Gasteiger partial charge in [-0.1, -0.05) is 6.07 Å². The fraction of sp³-hybridized carbons (Fsp3) is 0.650. The van der Waals surface area contributed by atoms with E-state index in [-0.39, 0.29) is 13.4 Å². The standard InChI is InChI=1S/C20H31NO7/c1-19(2,3)28-18(23)21-13(11-27-20(21,4)5)17(22)16-14(25-7)9-8-10-15(16)26-12-24-6/h8-10,13,17,22H,11-12H2,1-7H3/t13-,17?/m1/s1. The van der Waals surface area contributed by atoms with Crippen molar-refractivity contribution in [2.24, 2.45) is 0 Å². The third kappa shape index (κ3) is 4.87. The van der Waals surface area contributed by atoms with Crippen LogP contribution in [0, 0.1) is 0 Å². The fourth-order valence-corrected chi connectivity index (χ4v) is 3.17. The number of nitrogens with zero attached hydrogens (tertiary/aromatic N) is 1. The van der Waals surface area contributed by atoms with E-state index >= 15 is 0 Å². The van der Waals surface area contributed by atoms with E-state index in [0.29, 0.717) is 17.1 Å². The van der Waals surface area contributed by atoms with Crippen molar-refractivity contribution in [3.05, 3.63) is 23.8 Å². The van der Waals surface area contributed by atoms with Crippen molar-refractivity contribution in [1.29, 1.82) is 0 Å². The second-order valence-electron chi connectivity index (χ2n) is 8.04. The van der Waals surface area contributed by atoms with Crippen LogP contribution < -0.4 is 9.47 Å². The summed E-state index contributed by atoms with van der Waals surface area (Å²) in [5.41, 5.74) is -1.20. The molecule has 1 aromatic carbocycles. The van der Waals surface area contributed by atoms with E-state index in [9.17, 15) is 9.90 Å². The van der Waals surface area contributed by atoms with Crippen LogP contribution >= 0.6 is 0 Å². The molecule has 2 atom stereocenters. The summed E-state index contributed by atoms with van der Waals surface area (Å²) >= 11 is 0. The minimum atomic E-state index is -1.13. The molecule has 0 radical (unpaired) electrons. The lowest BCUT2D eigenvalue weighted by Gasteiger charge is -2.36. The summed E-state index contributed by atoms with van der Waals surface area (Å²) in [6.07, 6.45) is -1.69. The van der Waals surface area contributed by atoms with Gasteiger partial charge in [-0.3, -0.25) is 4.90 Å². The highest BCUT2D eigenvalue weighted by molar-refractivity contribution is 5.70. The lowest BCUT2D eigenvalue weighted by Crippen LogP contribution is -2.51. The Morgan fingerprint density at radius 2 is 1.96 bits per heavy atom. The molecular weight excluding hydrogens is 366 g/mol. The molecule has 1 fully saturated rings. The maximum Gasteiger partial charge on any atom is 0.413 e. The van der Waals surface area contributed by atoms with Gasteiger partial charge in [0.1, 0.15) is 28.9 Å². The molecule has 1 unspecified atom stereocenters. The van der Waals surface area contributed by atoms with Crippen molar-refractivity contribution in [2.45, 2.75) is 58.1 Å². The Morgan fingerprint density at radius 1 is 1.32 bits per heavy atom. The van der Waals surface area contributed by atoms with Crippen molar-refractivity contribution >= 4 is 6.09 Å². The number of aliphatic hydroxyl groups excluding tert-OH is 1. The molecule has 0 bridgehead atoms. The number of methoxy groups -OCH3 is 2. The lowest BCUT2D eigenvalue weighted by atomic mass is 9.99. The normalized spacial score (nSPS) is 20.0. The van der Waals surface area contributed by atoms with Gasteiger partial charge in [-0.2, -0.15) is 0 Å². The molecule has 1 saturated heterocycles. The highest BCUT2D eigenvalue weighted by atomic mass is 16.7. The monoisotopic (exact) mass is 397 g/mol. The smallest absolute Gasteiger partial charge is 0.413 e. The van der Waals surface area contributed by atoms with Crippen molar-refractivity contribution in [3.8, 4) is 11.5 Å². The first-order valence-corrected chi connectivity index (χ1v) is 9.15. The quantitative estimate of drug-likeness (QED) is 0.738. The number of carbonyl (C=O) groups is 1. The Morgan fingerprint density at radius 3 is 2.54 bits per heavy atom. The largest absolute Gasteiger partial charge is 0.496 e. The molecule has 1 aliphatic heterocycles. The van der Waals surface area contributed by atoms with Crippen LogP contribution in [-0.2, 0) is 14.2 Å². The van der Waals surface area contributed by atoms with E-state index in [1.807, 2.05) is 0 Å². The van der Waals surface area contributed by atoms with Gasteiger partial charge in [0.2, 0.25) is 0 Å². The van der Waals surface area contributed by atoms with Gasteiger partial charge < -0.3 is 28.8 Å². The van der Waals surface area contributed by atoms with Crippen LogP contribution in [0.4, 0.5) is 4.79 Å². The van der Waals surface area contributed by atoms with Gasteiger partial charge >= 0.3 is 6.09 Å². The minimum absolute atomic E-state index is 0.00925. The molecular formula is C20H31NO7. The van der Waals surface area contributed by atoms with E-state index in [1.165, 1.54) is 19.1 Å². The summed E-state index contributed by atoms with van der Waals surface area (Å²) in [5.74, 6) is 0.845. The minimum Gasteiger partial charge on any atom is -0.496 e. The van der Waals surface area contributed by atoms with Gasteiger partial charge in [0.15, 0.2) is 6.79 Å². The van der Waals surface area contributed by atoms with Crippen LogP contribution in [0.25, 0.3) is 0 Å². The summed E-state index contributed by atoms with van der Waals surface area (Å²) in [6, 6.07) is 4.49. The van der Waals surface area contributed by atoms with Gasteiger partial charge in [-0.05, 0) is 46.8 Å². The topological polar surface area (TPSA) is 86.7 Å². The summed E-state index contributed by atoms with van der Waals surface area (Å²) in [7, 11) is 3.01. The molecule has 2 rings (SSSR count). The van der Waals surface area contributed by atoms with Crippen molar-refractivity contribution in [2.75, 3.05) is 27.6 Å². The molecule has 0 spiro atoms. The van der Waals surface area contributed by atoms with Gasteiger partial charge in [0, 0.05) is 7.11 Å². The number of ether oxygens (including phenoxy) is 5. The highest BCUT2D eigenvalue weighted by Gasteiger charge is 2.49. The number of benzene rings is 1. The second-order valence-corrected chi connectivity index (χ2v) is 8.04. The third-order valence-corrected chi connectivity index (χ3v) is 4.35. The SMILES string of the molecule is COCOc1cccc(OC)c1C(O)[C@H]1COC(C)(C)N1C(=O)OC(C)(C)C. The molecule has 0 saturated carbocycles. The van der Waals surface area contributed by atoms with Gasteiger partial charge in [0.05, 0.1) is 25.3 Å². The fourth-order valence-electron chi connectivity index (χ4n) is 3.17. The highest BCUT2D eigenvalue weighted by Crippen LogP contribution is 2.41. The average molecular weight is 397 g/mol. The molecule has 1 aromatic rings. The molecule has 28 heavy (non-hydrogen) atoms.